The summed E-state index contributed by atoms with van der Waals surface area (Å²) < 4.78 is 18.6. The van der Waals surface area contributed by atoms with Gasteiger partial charge in [-0.3, -0.25) is 0 Å². The van der Waals surface area contributed by atoms with Gasteiger partial charge in [-0.1, -0.05) is 23.7 Å². The van der Waals surface area contributed by atoms with Crippen LogP contribution in [-0.4, -0.2) is 41.7 Å². The Labute approximate surface area is 154 Å². The van der Waals surface area contributed by atoms with Crippen molar-refractivity contribution >= 4 is 29.3 Å². The number of rotatable bonds is 4. The van der Waals surface area contributed by atoms with Gasteiger partial charge in [0, 0.05) is 17.1 Å². The smallest absolute Gasteiger partial charge is 0.326 e. The van der Waals surface area contributed by atoms with Crippen molar-refractivity contribution in [2.75, 3.05) is 19.0 Å². The molecule has 0 aromatic heterocycles. The van der Waals surface area contributed by atoms with Crippen LogP contribution in [-0.2, 0) is 4.79 Å². The van der Waals surface area contributed by atoms with Gasteiger partial charge < -0.3 is 20.1 Å². The lowest BCUT2D eigenvalue weighted by molar-refractivity contribution is -0.145. The van der Waals surface area contributed by atoms with Crippen LogP contribution >= 0.6 is 11.6 Å². The summed E-state index contributed by atoms with van der Waals surface area (Å²) in [7, 11) is 1.46. The number of hydrogen-bond donors (Lipinski definition) is 2. The minimum absolute atomic E-state index is 0.335. The van der Waals surface area contributed by atoms with E-state index in [1.165, 1.54) is 30.2 Å². The fraction of sp³-hybridized carbons (Fsp3) is 0.222. The molecular formula is C18H16ClFN2O4. The number of methoxy groups -OCH3 is 1. The summed E-state index contributed by atoms with van der Waals surface area (Å²) in [6.45, 7) is 0.354. The molecule has 1 atom stereocenters. The van der Waals surface area contributed by atoms with Crippen molar-refractivity contribution in [2.24, 2.45) is 0 Å². The molecule has 1 aliphatic rings. The Hall–Kier alpha value is -2.80. The van der Waals surface area contributed by atoms with E-state index in [0.29, 0.717) is 40.6 Å². The van der Waals surface area contributed by atoms with Crippen LogP contribution < -0.4 is 10.1 Å². The summed E-state index contributed by atoms with van der Waals surface area (Å²) in [5, 5.41) is 12.1. The van der Waals surface area contributed by atoms with Gasteiger partial charge in [0.15, 0.2) is 0 Å². The molecule has 1 aliphatic heterocycles. The zero-order valence-corrected chi connectivity index (χ0v) is 14.6. The van der Waals surface area contributed by atoms with Crippen molar-refractivity contribution in [1.82, 2.24) is 4.90 Å². The van der Waals surface area contributed by atoms with E-state index in [2.05, 4.69) is 5.32 Å². The Morgan fingerprint density at radius 3 is 2.54 bits per heavy atom. The van der Waals surface area contributed by atoms with Gasteiger partial charge in [0.1, 0.15) is 17.6 Å². The summed E-state index contributed by atoms with van der Waals surface area (Å²) >= 11 is 6.10. The third-order valence-electron chi connectivity index (χ3n) is 4.23. The predicted molar refractivity (Wildman–Crippen MR) is 95.2 cm³/mol. The number of carbonyl (C=O) groups excluding carboxylic acids is 1. The van der Waals surface area contributed by atoms with Gasteiger partial charge in [0.2, 0.25) is 0 Å². The van der Waals surface area contributed by atoms with Crippen LogP contribution in [0.2, 0.25) is 5.02 Å². The van der Waals surface area contributed by atoms with E-state index >= 15 is 0 Å². The molecule has 1 fully saturated rings. The van der Waals surface area contributed by atoms with E-state index in [-0.39, 0.29) is 0 Å². The first kappa shape index (κ1) is 18.0. The van der Waals surface area contributed by atoms with Gasteiger partial charge in [0.05, 0.1) is 12.8 Å². The Morgan fingerprint density at radius 1 is 1.31 bits per heavy atom. The SMILES string of the molecule is COc1cc(Cl)cc(NC(=O)N2CCC2C(=O)O)c1-c1ccc(F)cc1. The first-order chi connectivity index (χ1) is 12.4. The van der Waals surface area contributed by atoms with Crippen LogP contribution in [0.3, 0.4) is 0 Å². The molecule has 1 heterocycles. The highest BCUT2D eigenvalue weighted by Crippen LogP contribution is 2.40. The third-order valence-corrected chi connectivity index (χ3v) is 4.45. The van der Waals surface area contributed by atoms with E-state index in [0.717, 1.165) is 0 Å². The van der Waals surface area contributed by atoms with Crippen LogP contribution in [0.15, 0.2) is 36.4 Å². The lowest BCUT2D eigenvalue weighted by atomic mass is 10.0. The molecule has 0 saturated carbocycles. The van der Waals surface area contributed by atoms with Crippen LogP contribution in [0, 0.1) is 5.82 Å². The highest BCUT2D eigenvalue weighted by molar-refractivity contribution is 6.31. The number of benzene rings is 2. The number of likely N-dealkylation sites (tertiary alicyclic amines) is 1. The minimum atomic E-state index is -1.05. The number of ether oxygens (including phenoxy) is 1. The van der Waals surface area contributed by atoms with Crippen LogP contribution in [0.1, 0.15) is 6.42 Å². The molecule has 0 radical (unpaired) electrons. The van der Waals surface area contributed by atoms with Crippen molar-refractivity contribution in [2.45, 2.75) is 12.5 Å². The second-order valence-electron chi connectivity index (χ2n) is 5.80. The molecule has 2 N–H and O–H groups in total. The Bertz CT molecular complexity index is 857. The van der Waals surface area contributed by atoms with E-state index in [1.807, 2.05) is 0 Å². The zero-order valence-electron chi connectivity index (χ0n) is 13.8. The maximum absolute atomic E-state index is 13.3. The van der Waals surface area contributed by atoms with Crippen LogP contribution in [0.4, 0.5) is 14.9 Å². The first-order valence-electron chi connectivity index (χ1n) is 7.84. The van der Waals surface area contributed by atoms with Gasteiger partial charge in [-0.15, -0.1) is 0 Å². The molecule has 0 bridgehead atoms. The van der Waals surface area contributed by atoms with Gasteiger partial charge in [-0.2, -0.15) is 0 Å². The monoisotopic (exact) mass is 378 g/mol. The lowest BCUT2D eigenvalue weighted by Crippen LogP contribution is -2.56. The molecule has 3 rings (SSSR count). The van der Waals surface area contributed by atoms with E-state index in [9.17, 15) is 14.0 Å². The molecule has 1 unspecified atom stereocenters. The molecule has 0 spiro atoms. The Morgan fingerprint density at radius 2 is 2.00 bits per heavy atom. The van der Waals surface area contributed by atoms with Crippen molar-refractivity contribution in [1.29, 1.82) is 0 Å². The summed E-state index contributed by atoms with van der Waals surface area (Å²) in [5.41, 5.74) is 1.49. The summed E-state index contributed by atoms with van der Waals surface area (Å²) in [5.74, 6) is -1.04. The maximum Gasteiger partial charge on any atom is 0.326 e. The number of halogens is 2. The van der Waals surface area contributed by atoms with Crippen molar-refractivity contribution < 1.29 is 23.8 Å². The van der Waals surface area contributed by atoms with E-state index in [1.54, 1.807) is 18.2 Å². The average Bonchev–Trinajstić information content (AvgIpc) is 2.53. The highest BCUT2D eigenvalue weighted by atomic mass is 35.5. The van der Waals surface area contributed by atoms with E-state index in [4.69, 9.17) is 21.4 Å². The molecule has 1 saturated heterocycles. The standard InChI is InChI=1S/C18H16ClFN2O4/c1-26-15-9-11(19)8-13(16(15)10-2-4-12(20)5-3-10)21-18(25)22-7-6-14(22)17(23)24/h2-5,8-9,14H,6-7H2,1H3,(H,21,25)(H,23,24). The topological polar surface area (TPSA) is 78.9 Å². The van der Waals surface area contributed by atoms with Crippen molar-refractivity contribution in [3.8, 4) is 16.9 Å². The number of nitrogens with zero attached hydrogens (tertiary/aromatic N) is 1. The molecule has 136 valence electrons. The molecule has 2 amide bonds. The second kappa shape index (κ2) is 7.21. The number of carboxylic acids is 1. The Kier molecular flexibility index (Phi) is 4.99. The van der Waals surface area contributed by atoms with Crippen LogP contribution in [0.5, 0.6) is 5.75 Å². The number of amides is 2. The number of hydrogen-bond acceptors (Lipinski definition) is 3. The lowest BCUT2D eigenvalue weighted by Gasteiger charge is -2.37. The minimum Gasteiger partial charge on any atom is -0.496 e. The normalized spacial score (nSPS) is 16.0. The van der Waals surface area contributed by atoms with Crippen molar-refractivity contribution in [3.63, 3.8) is 0 Å². The maximum atomic E-state index is 13.3. The van der Waals surface area contributed by atoms with Crippen LogP contribution in [0.25, 0.3) is 11.1 Å². The summed E-state index contributed by atoms with van der Waals surface area (Å²) in [4.78, 5) is 24.8. The number of carboxylic acid groups (broad SMARTS) is 1. The van der Waals surface area contributed by atoms with Gasteiger partial charge >= 0.3 is 12.0 Å². The fourth-order valence-electron chi connectivity index (χ4n) is 2.83. The number of carbonyl (C=O) groups is 2. The molecule has 2 aromatic rings. The zero-order chi connectivity index (χ0) is 18.8. The third kappa shape index (κ3) is 3.43. The quantitative estimate of drug-likeness (QED) is 0.847. The average molecular weight is 379 g/mol. The predicted octanol–water partition coefficient (Wildman–Crippen LogP) is 3.85. The van der Waals surface area contributed by atoms with Gasteiger partial charge in [0.25, 0.3) is 0 Å². The number of aliphatic carboxylic acids is 1. The fourth-order valence-corrected chi connectivity index (χ4v) is 3.04. The second-order valence-corrected chi connectivity index (χ2v) is 6.24. The van der Waals surface area contributed by atoms with Gasteiger partial charge in [-0.05, 0) is 36.2 Å². The molecular weight excluding hydrogens is 363 g/mol. The molecule has 0 aliphatic carbocycles. The molecule has 2 aromatic carbocycles. The van der Waals surface area contributed by atoms with E-state index < -0.39 is 23.9 Å². The van der Waals surface area contributed by atoms with Gasteiger partial charge in [-0.25, -0.2) is 14.0 Å². The number of nitrogens with one attached hydrogen (secondary N) is 1. The highest BCUT2D eigenvalue weighted by Gasteiger charge is 2.37. The molecule has 8 heteroatoms. The number of anilines is 1. The van der Waals surface area contributed by atoms with Crippen molar-refractivity contribution in [3.05, 3.63) is 47.2 Å². The first-order valence-corrected chi connectivity index (χ1v) is 8.22. The Balaban J connectivity index is 1.98. The summed E-state index contributed by atoms with van der Waals surface area (Å²) in [6.07, 6.45) is 0.409. The molecule has 6 nitrogen and oxygen atoms in total. The number of urea groups is 1. The summed E-state index contributed by atoms with van der Waals surface area (Å²) in [6, 6.07) is 7.44. The largest absolute Gasteiger partial charge is 0.496 e. The molecule has 26 heavy (non-hydrogen) atoms.